The van der Waals surface area contributed by atoms with Crippen LogP contribution in [0.5, 0.6) is 0 Å². The van der Waals surface area contributed by atoms with Gasteiger partial charge in [-0.05, 0) is 18.2 Å². The van der Waals surface area contributed by atoms with E-state index >= 15 is 0 Å². The Morgan fingerprint density at radius 1 is 1.31 bits per heavy atom. The van der Waals surface area contributed by atoms with Crippen LogP contribution >= 0.6 is 11.6 Å². The van der Waals surface area contributed by atoms with Crippen molar-refractivity contribution < 1.29 is 4.39 Å². The Bertz CT molecular complexity index is 496. The Morgan fingerprint density at radius 2 is 2.12 bits per heavy atom. The third kappa shape index (κ3) is 2.03. The maximum Gasteiger partial charge on any atom is 0.163 e. The zero-order valence-electron chi connectivity index (χ0n) is 8.32. The monoisotopic (exact) mass is 237 g/mol. The van der Waals surface area contributed by atoms with Crippen molar-refractivity contribution in [3.63, 3.8) is 0 Å². The first-order valence-electron chi connectivity index (χ1n) is 4.68. The van der Waals surface area contributed by atoms with Crippen molar-refractivity contribution in [3.8, 4) is 11.4 Å². The number of aromatic nitrogens is 2. The second-order valence-corrected chi connectivity index (χ2v) is 3.58. The molecule has 3 nitrogen and oxygen atoms in total. The Balaban J connectivity index is 2.58. The maximum atomic E-state index is 13.6. The minimum Gasteiger partial charge on any atom is -0.325 e. The van der Waals surface area contributed by atoms with Crippen LogP contribution in [-0.4, -0.2) is 9.97 Å². The highest BCUT2D eigenvalue weighted by Crippen LogP contribution is 2.27. The van der Waals surface area contributed by atoms with Crippen LogP contribution in [0.3, 0.4) is 0 Å². The predicted octanol–water partition coefficient (Wildman–Crippen LogP) is 2.39. The molecule has 0 saturated heterocycles. The number of nitrogens with two attached hydrogens (primary N) is 1. The molecule has 0 bridgehead atoms. The summed E-state index contributed by atoms with van der Waals surface area (Å²) in [5.41, 5.74) is 6.31. The standard InChI is InChI=1S/C11H9ClFN3/c12-8-2-1-3-9(13)10(8)11-15-5-4-7(6-14)16-11/h1-5H,6,14H2. The third-order valence-electron chi connectivity index (χ3n) is 2.11. The summed E-state index contributed by atoms with van der Waals surface area (Å²) < 4.78 is 13.6. The molecule has 2 rings (SSSR count). The first-order chi connectivity index (χ1) is 7.72. The summed E-state index contributed by atoms with van der Waals surface area (Å²) in [7, 11) is 0. The van der Waals surface area contributed by atoms with Gasteiger partial charge in [0, 0.05) is 12.7 Å². The zero-order chi connectivity index (χ0) is 11.5. The van der Waals surface area contributed by atoms with Crippen LogP contribution in [0.25, 0.3) is 11.4 Å². The summed E-state index contributed by atoms with van der Waals surface area (Å²) in [5, 5.41) is 0.286. The van der Waals surface area contributed by atoms with Crippen molar-refractivity contribution >= 4 is 11.6 Å². The van der Waals surface area contributed by atoms with Gasteiger partial charge in [-0.1, -0.05) is 17.7 Å². The fourth-order valence-corrected chi connectivity index (χ4v) is 1.59. The molecule has 1 aromatic carbocycles. The van der Waals surface area contributed by atoms with Gasteiger partial charge in [-0.25, -0.2) is 14.4 Å². The molecule has 0 aliphatic heterocycles. The Hall–Kier alpha value is -1.52. The average Bonchev–Trinajstić information content (AvgIpc) is 2.29. The van der Waals surface area contributed by atoms with Crippen LogP contribution in [0.15, 0.2) is 30.5 Å². The van der Waals surface area contributed by atoms with Gasteiger partial charge in [-0.2, -0.15) is 0 Å². The van der Waals surface area contributed by atoms with E-state index in [1.807, 2.05) is 0 Å². The van der Waals surface area contributed by atoms with Gasteiger partial charge in [0.1, 0.15) is 5.82 Å². The Kier molecular flexibility index (Phi) is 3.12. The van der Waals surface area contributed by atoms with E-state index in [2.05, 4.69) is 9.97 Å². The predicted molar refractivity (Wildman–Crippen MR) is 60.3 cm³/mol. The van der Waals surface area contributed by atoms with Crippen LogP contribution in [0.2, 0.25) is 5.02 Å². The van der Waals surface area contributed by atoms with Gasteiger partial charge in [0.15, 0.2) is 5.82 Å². The molecule has 2 N–H and O–H groups in total. The molecule has 0 radical (unpaired) electrons. The van der Waals surface area contributed by atoms with E-state index in [-0.39, 0.29) is 23.0 Å². The lowest BCUT2D eigenvalue weighted by Gasteiger charge is -2.05. The molecule has 0 saturated carbocycles. The number of hydrogen-bond acceptors (Lipinski definition) is 3. The molecule has 82 valence electrons. The molecule has 5 heteroatoms. The second kappa shape index (κ2) is 4.55. The highest BCUT2D eigenvalue weighted by atomic mass is 35.5. The molecule has 0 aliphatic carbocycles. The minimum absolute atomic E-state index is 0.208. The van der Waals surface area contributed by atoms with E-state index in [1.165, 1.54) is 18.3 Å². The first-order valence-corrected chi connectivity index (χ1v) is 5.06. The average molecular weight is 238 g/mol. The van der Waals surface area contributed by atoms with Gasteiger partial charge in [0.25, 0.3) is 0 Å². The van der Waals surface area contributed by atoms with E-state index in [0.717, 1.165) is 0 Å². The minimum atomic E-state index is -0.443. The van der Waals surface area contributed by atoms with Crippen molar-refractivity contribution in [1.82, 2.24) is 9.97 Å². The fraction of sp³-hybridized carbons (Fsp3) is 0.0909. The van der Waals surface area contributed by atoms with Crippen molar-refractivity contribution in [2.45, 2.75) is 6.54 Å². The first kappa shape index (κ1) is 11.0. The van der Waals surface area contributed by atoms with Gasteiger partial charge in [-0.3, -0.25) is 0 Å². The van der Waals surface area contributed by atoms with Crippen LogP contribution in [0, 0.1) is 5.82 Å². The molecule has 2 aromatic rings. The van der Waals surface area contributed by atoms with E-state index < -0.39 is 5.82 Å². The molecule has 0 aliphatic rings. The highest BCUT2D eigenvalue weighted by Gasteiger charge is 2.12. The quantitative estimate of drug-likeness (QED) is 0.873. The number of halogens is 2. The van der Waals surface area contributed by atoms with E-state index in [4.69, 9.17) is 17.3 Å². The summed E-state index contributed by atoms with van der Waals surface area (Å²) in [6, 6.07) is 6.13. The molecule has 0 atom stereocenters. The SMILES string of the molecule is NCc1ccnc(-c2c(F)cccc2Cl)n1. The molecule has 16 heavy (non-hydrogen) atoms. The molecule has 0 fully saturated rings. The third-order valence-corrected chi connectivity index (χ3v) is 2.42. The van der Waals surface area contributed by atoms with Crippen LogP contribution in [0.1, 0.15) is 5.69 Å². The second-order valence-electron chi connectivity index (χ2n) is 3.17. The summed E-state index contributed by atoms with van der Waals surface area (Å²) in [6.45, 7) is 0.279. The smallest absolute Gasteiger partial charge is 0.163 e. The van der Waals surface area contributed by atoms with Gasteiger partial charge >= 0.3 is 0 Å². The highest BCUT2D eigenvalue weighted by molar-refractivity contribution is 6.33. The van der Waals surface area contributed by atoms with E-state index in [1.54, 1.807) is 12.1 Å². The number of nitrogens with zero attached hydrogens (tertiary/aromatic N) is 2. The summed E-state index contributed by atoms with van der Waals surface area (Å²) in [4.78, 5) is 8.11. The van der Waals surface area contributed by atoms with E-state index in [9.17, 15) is 4.39 Å². The van der Waals surface area contributed by atoms with Gasteiger partial charge < -0.3 is 5.73 Å². The van der Waals surface area contributed by atoms with Crippen molar-refractivity contribution in [1.29, 1.82) is 0 Å². The van der Waals surface area contributed by atoms with E-state index in [0.29, 0.717) is 5.69 Å². The summed E-state index contributed by atoms with van der Waals surface area (Å²) in [5.74, 6) is -0.187. The lowest BCUT2D eigenvalue weighted by Crippen LogP contribution is -2.02. The molecule has 1 aromatic heterocycles. The number of rotatable bonds is 2. The molecular weight excluding hydrogens is 229 g/mol. The number of benzene rings is 1. The summed E-state index contributed by atoms with van der Waals surface area (Å²) >= 11 is 5.91. The van der Waals surface area contributed by atoms with Crippen LogP contribution < -0.4 is 5.73 Å². The van der Waals surface area contributed by atoms with Crippen molar-refractivity contribution in [2.24, 2.45) is 5.73 Å². The largest absolute Gasteiger partial charge is 0.325 e. The maximum absolute atomic E-state index is 13.6. The van der Waals surface area contributed by atoms with Gasteiger partial charge in [-0.15, -0.1) is 0 Å². The lowest BCUT2D eigenvalue weighted by atomic mass is 10.2. The molecule has 0 amide bonds. The lowest BCUT2D eigenvalue weighted by molar-refractivity contribution is 0.630. The zero-order valence-corrected chi connectivity index (χ0v) is 9.08. The van der Waals surface area contributed by atoms with Gasteiger partial charge in [0.2, 0.25) is 0 Å². The van der Waals surface area contributed by atoms with Gasteiger partial charge in [0.05, 0.1) is 16.3 Å². The van der Waals surface area contributed by atoms with Crippen molar-refractivity contribution in [3.05, 3.63) is 47.0 Å². The molecule has 1 heterocycles. The Morgan fingerprint density at radius 3 is 2.81 bits per heavy atom. The fourth-order valence-electron chi connectivity index (χ4n) is 1.34. The summed E-state index contributed by atoms with van der Waals surface area (Å²) in [6.07, 6.45) is 1.54. The van der Waals surface area contributed by atoms with Crippen molar-refractivity contribution in [2.75, 3.05) is 0 Å². The molecule has 0 unspecified atom stereocenters. The van der Waals surface area contributed by atoms with Crippen LogP contribution in [-0.2, 0) is 6.54 Å². The Labute approximate surface area is 97.1 Å². The molecular formula is C11H9ClFN3. The normalized spacial score (nSPS) is 10.4. The number of hydrogen-bond donors (Lipinski definition) is 1. The molecule has 0 spiro atoms. The topological polar surface area (TPSA) is 51.8 Å². The van der Waals surface area contributed by atoms with Crippen LogP contribution in [0.4, 0.5) is 4.39 Å².